The summed E-state index contributed by atoms with van der Waals surface area (Å²) in [7, 11) is 0. The Kier molecular flexibility index (Phi) is 3.57. The van der Waals surface area contributed by atoms with Gasteiger partial charge in [0.25, 0.3) is 0 Å². The number of nitrogens with two attached hydrogens (primary N) is 1. The lowest BCUT2D eigenvalue weighted by Gasteiger charge is -2.15. The lowest BCUT2D eigenvalue weighted by molar-refractivity contribution is 0.491. The van der Waals surface area contributed by atoms with Crippen LogP contribution < -0.4 is 5.73 Å². The molecule has 2 N–H and O–H groups in total. The summed E-state index contributed by atoms with van der Waals surface area (Å²) < 4.78 is 53.8. The molecule has 19 heavy (non-hydrogen) atoms. The van der Waals surface area contributed by atoms with E-state index in [1.807, 2.05) is 0 Å². The Hall–Kier alpha value is -1.88. The Bertz CT molecular complexity index is 625. The van der Waals surface area contributed by atoms with Gasteiger partial charge in [0.15, 0.2) is 11.6 Å². The Balaban J connectivity index is 2.53. The number of hydrogen-bond donors (Lipinski definition) is 1. The van der Waals surface area contributed by atoms with Gasteiger partial charge in [0.2, 0.25) is 0 Å². The molecule has 100 valence electrons. The zero-order valence-electron chi connectivity index (χ0n) is 10.1. The van der Waals surface area contributed by atoms with Gasteiger partial charge >= 0.3 is 0 Å². The summed E-state index contributed by atoms with van der Waals surface area (Å²) in [4.78, 5) is 0. The SMILES string of the molecule is Cc1cc(F)c(C(N)c2cccc(F)c2F)cc1F. The van der Waals surface area contributed by atoms with Gasteiger partial charge in [-0.2, -0.15) is 0 Å². The van der Waals surface area contributed by atoms with Crippen molar-refractivity contribution < 1.29 is 17.6 Å². The van der Waals surface area contributed by atoms with E-state index >= 15 is 0 Å². The highest BCUT2D eigenvalue weighted by atomic mass is 19.2. The number of halogens is 4. The van der Waals surface area contributed by atoms with Crippen LogP contribution >= 0.6 is 0 Å². The molecule has 0 heterocycles. The van der Waals surface area contributed by atoms with Crippen molar-refractivity contribution in [3.63, 3.8) is 0 Å². The molecule has 0 aliphatic rings. The zero-order valence-corrected chi connectivity index (χ0v) is 10.1. The monoisotopic (exact) mass is 269 g/mol. The molecular weight excluding hydrogens is 258 g/mol. The van der Waals surface area contributed by atoms with E-state index in [0.29, 0.717) is 0 Å². The van der Waals surface area contributed by atoms with Gasteiger partial charge in [0.05, 0.1) is 6.04 Å². The van der Waals surface area contributed by atoms with Gasteiger partial charge in [-0.1, -0.05) is 12.1 Å². The summed E-state index contributed by atoms with van der Waals surface area (Å²) in [5.74, 6) is -3.64. The molecule has 1 unspecified atom stereocenters. The molecule has 0 amide bonds. The van der Waals surface area contributed by atoms with Gasteiger partial charge in [-0.15, -0.1) is 0 Å². The Labute approximate surface area is 107 Å². The molecule has 0 fully saturated rings. The highest BCUT2D eigenvalue weighted by Crippen LogP contribution is 2.27. The Morgan fingerprint density at radius 3 is 2.26 bits per heavy atom. The van der Waals surface area contributed by atoms with Crippen LogP contribution in [0.3, 0.4) is 0 Å². The highest BCUT2D eigenvalue weighted by molar-refractivity contribution is 5.35. The quantitative estimate of drug-likeness (QED) is 0.828. The van der Waals surface area contributed by atoms with Crippen LogP contribution in [-0.2, 0) is 0 Å². The fraction of sp³-hybridized carbons (Fsp3) is 0.143. The van der Waals surface area contributed by atoms with E-state index in [9.17, 15) is 17.6 Å². The molecule has 0 aliphatic heterocycles. The van der Waals surface area contributed by atoms with Crippen molar-refractivity contribution in [2.45, 2.75) is 13.0 Å². The topological polar surface area (TPSA) is 26.0 Å². The maximum absolute atomic E-state index is 13.7. The van der Waals surface area contributed by atoms with Crippen molar-refractivity contribution >= 4 is 0 Å². The summed E-state index contributed by atoms with van der Waals surface area (Å²) in [6.45, 7) is 1.40. The summed E-state index contributed by atoms with van der Waals surface area (Å²) in [5.41, 5.74) is 5.38. The van der Waals surface area contributed by atoms with Crippen molar-refractivity contribution in [2.24, 2.45) is 5.73 Å². The second-order valence-corrected chi connectivity index (χ2v) is 4.24. The first-order valence-corrected chi connectivity index (χ1v) is 5.57. The first kappa shape index (κ1) is 13.5. The largest absolute Gasteiger partial charge is 0.320 e. The molecular formula is C14H11F4N. The lowest BCUT2D eigenvalue weighted by Crippen LogP contribution is -2.16. The number of hydrogen-bond acceptors (Lipinski definition) is 1. The third-order valence-corrected chi connectivity index (χ3v) is 2.93. The first-order valence-electron chi connectivity index (χ1n) is 5.57. The third kappa shape index (κ3) is 2.46. The van der Waals surface area contributed by atoms with E-state index in [1.54, 1.807) is 0 Å². The molecule has 2 aromatic carbocycles. The highest BCUT2D eigenvalue weighted by Gasteiger charge is 2.20. The van der Waals surface area contributed by atoms with Crippen molar-refractivity contribution in [3.8, 4) is 0 Å². The van der Waals surface area contributed by atoms with Gasteiger partial charge in [0.1, 0.15) is 11.6 Å². The van der Waals surface area contributed by atoms with Crippen molar-refractivity contribution in [1.29, 1.82) is 0 Å². The maximum Gasteiger partial charge on any atom is 0.163 e. The standard InChI is InChI=1S/C14H11F4N/c1-7-5-12(17)9(6-11(7)16)14(19)8-3-2-4-10(15)13(8)18/h2-6,14H,19H2,1H3. The van der Waals surface area contributed by atoms with E-state index in [-0.39, 0.29) is 16.7 Å². The minimum atomic E-state index is -1.27. The molecule has 0 bridgehead atoms. The number of benzene rings is 2. The minimum Gasteiger partial charge on any atom is -0.320 e. The van der Waals surface area contributed by atoms with Crippen molar-refractivity contribution in [2.75, 3.05) is 0 Å². The van der Waals surface area contributed by atoms with Gasteiger partial charge in [0, 0.05) is 11.1 Å². The van der Waals surface area contributed by atoms with Crippen LogP contribution in [0.2, 0.25) is 0 Å². The van der Waals surface area contributed by atoms with E-state index in [2.05, 4.69) is 0 Å². The molecule has 5 heteroatoms. The van der Waals surface area contributed by atoms with Crippen LogP contribution in [0.15, 0.2) is 30.3 Å². The Morgan fingerprint density at radius 2 is 1.58 bits per heavy atom. The van der Waals surface area contributed by atoms with E-state index in [1.165, 1.54) is 19.1 Å². The maximum atomic E-state index is 13.7. The van der Waals surface area contributed by atoms with E-state index in [4.69, 9.17) is 5.73 Å². The molecule has 0 aromatic heterocycles. The number of aryl methyl sites for hydroxylation is 1. The molecule has 0 spiro atoms. The van der Waals surface area contributed by atoms with Crippen LogP contribution in [0.25, 0.3) is 0 Å². The predicted octanol–water partition coefficient (Wildman–Crippen LogP) is 3.60. The predicted molar refractivity (Wildman–Crippen MR) is 63.5 cm³/mol. The van der Waals surface area contributed by atoms with Gasteiger partial charge in [-0.25, -0.2) is 17.6 Å². The summed E-state index contributed by atoms with van der Waals surface area (Å²) in [6.07, 6.45) is 0. The molecule has 0 radical (unpaired) electrons. The van der Waals surface area contributed by atoms with Crippen LogP contribution in [-0.4, -0.2) is 0 Å². The first-order chi connectivity index (χ1) is 8.91. The average molecular weight is 269 g/mol. The van der Waals surface area contributed by atoms with Crippen molar-refractivity contribution in [3.05, 3.63) is 70.3 Å². The second kappa shape index (κ2) is 5.01. The second-order valence-electron chi connectivity index (χ2n) is 4.24. The van der Waals surface area contributed by atoms with Crippen molar-refractivity contribution in [1.82, 2.24) is 0 Å². The molecule has 0 saturated heterocycles. The van der Waals surface area contributed by atoms with Crippen LogP contribution in [0.4, 0.5) is 17.6 Å². The van der Waals surface area contributed by atoms with Crippen LogP contribution in [0.1, 0.15) is 22.7 Å². The fourth-order valence-electron chi connectivity index (χ4n) is 1.83. The van der Waals surface area contributed by atoms with E-state index in [0.717, 1.165) is 18.2 Å². The lowest BCUT2D eigenvalue weighted by atomic mass is 9.97. The molecule has 1 atom stereocenters. The smallest absolute Gasteiger partial charge is 0.163 e. The molecule has 0 aliphatic carbocycles. The third-order valence-electron chi connectivity index (χ3n) is 2.93. The molecule has 2 aromatic rings. The Morgan fingerprint density at radius 1 is 0.895 bits per heavy atom. The van der Waals surface area contributed by atoms with E-state index < -0.39 is 29.3 Å². The van der Waals surface area contributed by atoms with Gasteiger partial charge < -0.3 is 5.73 Å². The summed E-state index contributed by atoms with van der Waals surface area (Å²) >= 11 is 0. The van der Waals surface area contributed by atoms with Crippen LogP contribution in [0, 0.1) is 30.2 Å². The number of rotatable bonds is 2. The average Bonchev–Trinajstić information content (AvgIpc) is 2.36. The van der Waals surface area contributed by atoms with Gasteiger partial charge in [-0.3, -0.25) is 0 Å². The van der Waals surface area contributed by atoms with Crippen LogP contribution in [0.5, 0.6) is 0 Å². The zero-order chi connectivity index (χ0) is 14.2. The summed E-state index contributed by atoms with van der Waals surface area (Å²) in [5, 5.41) is 0. The summed E-state index contributed by atoms with van der Waals surface area (Å²) in [6, 6.07) is 4.03. The molecule has 1 nitrogen and oxygen atoms in total. The normalized spacial score (nSPS) is 12.5. The molecule has 2 rings (SSSR count). The fourth-order valence-corrected chi connectivity index (χ4v) is 1.83. The van der Waals surface area contributed by atoms with Gasteiger partial charge in [-0.05, 0) is 30.7 Å². The molecule has 0 saturated carbocycles. The minimum absolute atomic E-state index is 0.119.